The molecule has 98 valence electrons. The van der Waals surface area contributed by atoms with Gasteiger partial charge in [0.2, 0.25) is 0 Å². The standard InChI is InChI=1S/C13H26N4/c1-6-13(4,10-14)17(7-2)9-12-8-11(3)15-16(12)5/h8H,6-7,9-10,14H2,1-5H3. The molecule has 17 heavy (non-hydrogen) atoms. The van der Waals surface area contributed by atoms with Crippen molar-refractivity contribution in [2.24, 2.45) is 12.8 Å². The van der Waals surface area contributed by atoms with Gasteiger partial charge in [-0.1, -0.05) is 13.8 Å². The van der Waals surface area contributed by atoms with Crippen LogP contribution in [0.4, 0.5) is 0 Å². The number of hydrogen-bond acceptors (Lipinski definition) is 3. The van der Waals surface area contributed by atoms with Crippen molar-refractivity contribution < 1.29 is 0 Å². The van der Waals surface area contributed by atoms with Crippen molar-refractivity contribution in [1.29, 1.82) is 0 Å². The Hall–Kier alpha value is -0.870. The Labute approximate surface area is 105 Å². The van der Waals surface area contributed by atoms with Gasteiger partial charge < -0.3 is 5.73 Å². The van der Waals surface area contributed by atoms with Crippen LogP contribution in [0.2, 0.25) is 0 Å². The van der Waals surface area contributed by atoms with Crippen LogP contribution >= 0.6 is 0 Å². The maximum absolute atomic E-state index is 5.93. The maximum Gasteiger partial charge on any atom is 0.0597 e. The number of rotatable bonds is 6. The van der Waals surface area contributed by atoms with Crippen LogP contribution in [0.3, 0.4) is 0 Å². The molecule has 4 nitrogen and oxygen atoms in total. The van der Waals surface area contributed by atoms with E-state index in [1.807, 2.05) is 18.7 Å². The van der Waals surface area contributed by atoms with Gasteiger partial charge in [0.15, 0.2) is 0 Å². The molecule has 1 atom stereocenters. The third-order valence-electron chi connectivity index (χ3n) is 3.80. The first-order valence-electron chi connectivity index (χ1n) is 6.41. The van der Waals surface area contributed by atoms with Crippen LogP contribution in [0.5, 0.6) is 0 Å². The quantitative estimate of drug-likeness (QED) is 0.820. The predicted molar refractivity (Wildman–Crippen MR) is 71.8 cm³/mol. The topological polar surface area (TPSA) is 47.1 Å². The molecule has 0 bridgehead atoms. The first kappa shape index (κ1) is 14.2. The zero-order valence-corrected chi connectivity index (χ0v) is 11.8. The molecule has 0 aliphatic heterocycles. The summed E-state index contributed by atoms with van der Waals surface area (Å²) < 4.78 is 1.96. The molecule has 0 aliphatic rings. The fourth-order valence-corrected chi connectivity index (χ4v) is 2.19. The van der Waals surface area contributed by atoms with Crippen LogP contribution in [0.15, 0.2) is 6.07 Å². The monoisotopic (exact) mass is 238 g/mol. The summed E-state index contributed by atoms with van der Waals surface area (Å²) in [5, 5.41) is 4.39. The molecule has 1 rings (SSSR count). The molecule has 1 aromatic rings. The minimum atomic E-state index is 0.0763. The lowest BCUT2D eigenvalue weighted by atomic mass is 9.96. The molecule has 0 saturated carbocycles. The molecular formula is C13H26N4. The zero-order chi connectivity index (χ0) is 13.1. The van der Waals surface area contributed by atoms with E-state index in [0.717, 1.165) is 25.2 Å². The van der Waals surface area contributed by atoms with Gasteiger partial charge in [-0.3, -0.25) is 9.58 Å². The first-order chi connectivity index (χ1) is 7.96. The van der Waals surface area contributed by atoms with Gasteiger partial charge in [0, 0.05) is 25.7 Å². The minimum absolute atomic E-state index is 0.0763. The average molecular weight is 238 g/mol. The smallest absolute Gasteiger partial charge is 0.0597 e. The van der Waals surface area contributed by atoms with Gasteiger partial charge in [0.25, 0.3) is 0 Å². The highest BCUT2D eigenvalue weighted by Gasteiger charge is 2.28. The molecule has 1 unspecified atom stereocenters. The lowest BCUT2D eigenvalue weighted by molar-refractivity contribution is 0.101. The summed E-state index contributed by atoms with van der Waals surface area (Å²) >= 11 is 0. The molecule has 0 radical (unpaired) electrons. The van der Waals surface area contributed by atoms with E-state index in [0.29, 0.717) is 6.54 Å². The second-order valence-electron chi connectivity index (χ2n) is 4.97. The van der Waals surface area contributed by atoms with Crippen LogP contribution in [0.1, 0.15) is 38.6 Å². The summed E-state index contributed by atoms with van der Waals surface area (Å²) in [5.74, 6) is 0. The Kier molecular flexibility index (Phi) is 4.71. The number of aryl methyl sites for hydroxylation is 2. The Balaban J connectivity index is 2.86. The van der Waals surface area contributed by atoms with Gasteiger partial charge in [-0.2, -0.15) is 5.10 Å². The Bertz CT molecular complexity index is 352. The normalized spacial score (nSPS) is 15.2. The van der Waals surface area contributed by atoms with Crippen molar-refractivity contribution in [2.75, 3.05) is 13.1 Å². The number of nitrogens with two attached hydrogens (primary N) is 1. The Morgan fingerprint density at radius 1 is 1.47 bits per heavy atom. The van der Waals surface area contributed by atoms with Crippen LogP contribution < -0.4 is 5.73 Å². The summed E-state index contributed by atoms with van der Waals surface area (Å²) in [5.41, 5.74) is 8.32. The highest BCUT2D eigenvalue weighted by molar-refractivity contribution is 5.09. The highest BCUT2D eigenvalue weighted by atomic mass is 15.3. The molecule has 0 fully saturated rings. The molecule has 1 aromatic heterocycles. The second-order valence-corrected chi connectivity index (χ2v) is 4.97. The van der Waals surface area contributed by atoms with Gasteiger partial charge >= 0.3 is 0 Å². The van der Waals surface area contributed by atoms with E-state index in [2.05, 4.69) is 36.8 Å². The Morgan fingerprint density at radius 2 is 2.12 bits per heavy atom. The summed E-state index contributed by atoms with van der Waals surface area (Å²) in [4.78, 5) is 2.43. The third kappa shape index (κ3) is 3.07. The van der Waals surface area contributed by atoms with Crippen LogP contribution in [0.25, 0.3) is 0 Å². The SMILES string of the molecule is CCN(Cc1cc(C)nn1C)C(C)(CC)CN. The number of likely N-dealkylation sites (N-methyl/N-ethyl adjacent to an activating group) is 1. The van der Waals surface area contributed by atoms with Gasteiger partial charge in [-0.05, 0) is 32.9 Å². The summed E-state index contributed by atoms with van der Waals surface area (Å²) in [6, 6.07) is 2.15. The highest BCUT2D eigenvalue weighted by Crippen LogP contribution is 2.20. The summed E-state index contributed by atoms with van der Waals surface area (Å²) in [6.07, 6.45) is 1.06. The van der Waals surface area contributed by atoms with E-state index in [-0.39, 0.29) is 5.54 Å². The molecular weight excluding hydrogens is 212 g/mol. The van der Waals surface area contributed by atoms with Crippen molar-refractivity contribution in [2.45, 2.75) is 46.2 Å². The fraction of sp³-hybridized carbons (Fsp3) is 0.769. The molecule has 0 aliphatic carbocycles. The number of hydrogen-bond donors (Lipinski definition) is 1. The van der Waals surface area contributed by atoms with E-state index in [4.69, 9.17) is 5.73 Å². The van der Waals surface area contributed by atoms with Crippen molar-refractivity contribution >= 4 is 0 Å². The van der Waals surface area contributed by atoms with Crippen LogP contribution in [-0.2, 0) is 13.6 Å². The molecule has 0 saturated heterocycles. The van der Waals surface area contributed by atoms with Crippen molar-refractivity contribution in [3.63, 3.8) is 0 Å². The van der Waals surface area contributed by atoms with Gasteiger partial charge in [-0.15, -0.1) is 0 Å². The average Bonchev–Trinajstić information content (AvgIpc) is 2.63. The first-order valence-corrected chi connectivity index (χ1v) is 6.41. The number of aromatic nitrogens is 2. The van der Waals surface area contributed by atoms with Crippen LogP contribution in [0, 0.1) is 6.92 Å². The van der Waals surface area contributed by atoms with Gasteiger partial charge in [-0.25, -0.2) is 0 Å². The molecule has 1 heterocycles. The Morgan fingerprint density at radius 3 is 2.47 bits per heavy atom. The number of nitrogens with zero attached hydrogens (tertiary/aromatic N) is 3. The largest absolute Gasteiger partial charge is 0.329 e. The van der Waals surface area contributed by atoms with E-state index >= 15 is 0 Å². The zero-order valence-electron chi connectivity index (χ0n) is 11.8. The lowest BCUT2D eigenvalue weighted by Gasteiger charge is -2.39. The lowest BCUT2D eigenvalue weighted by Crippen LogP contribution is -2.50. The van der Waals surface area contributed by atoms with E-state index in [9.17, 15) is 0 Å². The second kappa shape index (κ2) is 5.65. The van der Waals surface area contributed by atoms with Gasteiger partial charge in [0.05, 0.1) is 11.4 Å². The molecule has 0 amide bonds. The van der Waals surface area contributed by atoms with Crippen molar-refractivity contribution in [3.8, 4) is 0 Å². The molecule has 0 aromatic carbocycles. The fourth-order valence-electron chi connectivity index (χ4n) is 2.19. The third-order valence-corrected chi connectivity index (χ3v) is 3.80. The summed E-state index contributed by atoms with van der Waals surface area (Å²) in [7, 11) is 2.00. The molecule has 0 spiro atoms. The van der Waals surface area contributed by atoms with Crippen LogP contribution in [-0.4, -0.2) is 33.3 Å². The van der Waals surface area contributed by atoms with E-state index < -0.39 is 0 Å². The minimum Gasteiger partial charge on any atom is -0.329 e. The van der Waals surface area contributed by atoms with Gasteiger partial charge in [0.1, 0.15) is 0 Å². The molecule has 2 N–H and O–H groups in total. The van der Waals surface area contributed by atoms with E-state index in [1.165, 1.54) is 5.69 Å². The van der Waals surface area contributed by atoms with Crippen molar-refractivity contribution in [3.05, 3.63) is 17.5 Å². The predicted octanol–water partition coefficient (Wildman–Crippen LogP) is 1.68. The van der Waals surface area contributed by atoms with Crippen molar-refractivity contribution in [1.82, 2.24) is 14.7 Å². The van der Waals surface area contributed by atoms with E-state index in [1.54, 1.807) is 0 Å². The summed E-state index contributed by atoms with van der Waals surface area (Å²) in [6.45, 7) is 11.3. The maximum atomic E-state index is 5.93. The molecule has 4 heteroatoms.